The Labute approximate surface area is 122 Å². The maximum absolute atomic E-state index is 9.83. The highest BCUT2D eigenvalue weighted by atomic mass is 16.7. The molecular weight excluding hydrogens is 276 g/mol. The third kappa shape index (κ3) is 3.68. The van der Waals surface area contributed by atoms with Crippen LogP contribution in [0.25, 0.3) is 6.08 Å². The highest BCUT2D eigenvalue weighted by Crippen LogP contribution is 2.22. The Bertz CT molecular complexity index is 458. The average Bonchev–Trinajstić information content (AvgIpc) is 2.52. The normalized spacial score (nSPS) is 32.9. The van der Waals surface area contributed by atoms with Crippen molar-refractivity contribution in [3.63, 3.8) is 0 Å². The maximum atomic E-state index is 9.83. The standard InChI is InChI=1S/C15H20O6/c1-2-9-3-5-10(6-4-9)8-20-15-14(19)13(18)12(17)11(7-16)21-15/h2-6,11-19H,1,7-8H2/t11-,12-,13+,14-,15-/m1/s1. The van der Waals surface area contributed by atoms with Gasteiger partial charge in [-0.3, -0.25) is 0 Å². The van der Waals surface area contributed by atoms with E-state index in [0.717, 1.165) is 11.1 Å². The van der Waals surface area contributed by atoms with Gasteiger partial charge in [-0.25, -0.2) is 0 Å². The zero-order valence-corrected chi connectivity index (χ0v) is 11.5. The Morgan fingerprint density at radius 2 is 1.76 bits per heavy atom. The van der Waals surface area contributed by atoms with Gasteiger partial charge in [-0.05, 0) is 11.1 Å². The Morgan fingerprint density at radius 3 is 2.33 bits per heavy atom. The molecule has 0 spiro atoms. The van der Waals surface area contributed by atoms with Crippen LogP contribution in [0.2, 0.25) is 0 Å². The molecule has 0 unspecified atom stereocenters. The second-order valence-electron chi connectivity index (χ2n) is 4.95. The van der Waals surface area contributed by atoms with E-state index in [-0.39, 0.29) is 6.61 Å². The van der Waals surface area contributed by atoms with Crippen LogP contribution in [-0.4, -0.2) is 57.7 Å². The third-order valence-corrected chi connectivity index (χ3v) is 3.48. The molecule has 6 heteroatoms. The molecule has 1 aliphatic rings. The largest absolute Gasteiger partial charge is 0.394 e. The fraction of sp³-hybridized carbons (Fsp3) is 0.467. The van der Waals surface area contributed by atoms with Gasteiger partial charge in [0.1, 0.15) is 24.4 Å². The molecule has 1 saturated heterocycles. The first-order valence-corrected chi connectivity index (χ1v) is 6.70. The maximum Gasteiger partial charge on any atom is 0.187 e. The quantitative estimate of drug-likeness (QED) is 0.592. The van der Waals surface area contributed by atoms with Gasteiger partial charge >= 0.3 is 0 Å². The van der Waals surface area contributed by atoms with E-state index < -0.39 is 37.3 Å². The van der Waals surface area contributed by atoms with Crippen molar-refractivity contribution in [1.82, 2.24) is 0 Å². The van der Waals surface area contributed by atoms with Crippen molar-refractivity contribution < 1.29 is 29.9 Å². The predicted molar refractivity (Wildman–Crippen MR) is 75.1 cm³/mol. The van der Waals surface area contributed by atoms with Crippen LogP contribution in [0.5, 0.6) is 0 Å². The summed E-state index contributed by atoms with van der Waals surface area (Å²) < 4.78 is 10.7. The molecule has 0 aromatic heterocycles. The highest BCUT2D eigenvalue weighted by molar-refractivity contribution is 5.47. The molecular formula is C15H20O6. The van der Waals surface area contributed by atoms with Gasteiger partial charge in [0.05, 0.1) is 13.2 Å². The van der Waals surface area contributed by atoms with Gasteiger partial charge in [0.25, 0.3) is 0 Å². The minimum atomic E-state index is -1.43. The topological polar surface area (TPSA) is 99.4 Å². The molecule has 6 nitrogen and oxygen atoms in total. The van der Waals surface area contributed by atoms with Crippen molar-refractivity contribution in [2.45, 2.75) is 37.3 Å². The summed E-state index contributed by atoms with van der Waals surface area (Å²) in [5.74, 6) is 0. The lowest BCUT2D eigenvalue weighted by molar-refractivity contribution is -0.304. The zero-order chi connectivity index (χ0) is 15.4. The van der Waals surface area contributed by atoms with E-state index in [1.807, 2.05) is 24.3 Å². The third-order valence-electron chi connectivity index (χ3n) is 3.48. The van der Waals surface area contributed by atoms with Crippen molar-refractivity contribution in [3.8, 4) is 0 Å². The Morgan fingerprint density at radius 1 is 1.10 bits per heavy atom. The summed E-state index contributed by atoms with van der Waals surface area (Å²) in [5.41, 5.74) is 1.84. The van der Waals surface area contributed by atoms with Gasteiger partial charge in [-0.2, -0.15) is 0 Å². The van der Waals surface area contributed by atoms with E-state index in [1.165, 1.54) is 0 Å². The molecule has 0 aliphatic carbocycles. The molecule has 0 saturated carbocycles. The van der Waals surface area contributed by atoms with Crippen molar-refractivity contribution in [1.29, 1.82) is 0 Å². The summed E-state index contributed by atoms with van der Waals surface area (Å²) in [6.07, 6.45) is -4.53. The second-order valence-corrected chi connectivity index (χ2v) is 4.95. The molecule has 116 valence electrons. The average molecular weight is 296 g/mol. The van der Waals surface area contributed by atoms with Crippen LogP contribution in [0.4, 0.5) is 0 Å². The molecule has 1 aromatic carbocycles. The molecule has 4 N–H and O–H groups in total. The first-order chi connectivity index (χ1) is 10.1. The molecule has 0 amide bonds. The molecule has 1 aliphatic heterocycles. The van der Waals surface area contributed by atoms with Crippen LogP contribution in [-0.2, 0) is 16.1 Å². The lowest BCUT2D eigenvalue weighted by Gasteiger charge is -2.39. The van der Waals surface area contributed by atoms with E-state index >= 15 is 0 Å². The zero-order valence-electron chi connectivity index (χ0n) is 11.5. The van der Waals surface area contributed by atoms with Gasteiger partial charge in [0.15, 0.2) is 6.29 Å². The molecule has 5 atom stereocenters. The highest BCUT2D eigenvalue weighted by Gasteiger charge is 2.43. The number of hydrogen-bond donors (Lipinski definition) is 4. The Balaban J connectivity index is 1.96. The van der Waals surface area contributed by atoms with Crippen LogP contribution in [0, 0.1) is 0 Å². The van der Waals surface area contributed by atoms with Gasteiger partial charge in [-0.1, -0.05) is 36.9 Å². The fourth-order valence-corrected chi connectivity index (χ4v) is 2.13. The van der Waals surface area contributed by atoms with Crippen LogP contribution in [0.3, 0.4) is 0 Å². The monoisotopic (exact) mass is 296 g/mol. The molecule has 0 radical (unpaired) electrons. The van der Waals surface area contributed by atoms with Crippen LogP contribution >= 0.6 is 0 Å². The Hall–Kier alpha value is -1.28. The summed E-state index contributed by atoms with van der Waals surface area (Å²) >= 11 is 0. The van der Waals surface area contributed by atoms with Crippen molar-refractivity contribution in [2.75, 3.05) is 6.61 Å². The van der Waals surface area contributed by atoms with Crippen LogP contribution < -0.4 is 0 Å². The summed E-state index contributed by atoms with van der Waals surface area (Å²) in [5, 5.41) is 38.2. The molecule has 1 fully saturated rings. The van der Waals surface area contributed by atoms with Gasteiger partial charge in [0, 0.05) is 0 Å². The van der Waals surface area contributed by atoms with E-state index in [2.05, 4.69) is 6.58 Å². The number of aliphatic hydroxyl groups excluding tert-OH is 4. The molecule has 1 heterocycles. The fourth-order valence-electron chi connectivity index (χ4n) is 2.13. The molecule has 2 rings (SSSR count). The number of hydrogen-bond acceptors (Lipinski definition) is 6. The van der Waals surface area contributed by atoms with Gasteiger partial charge in [0.2, 0.25) is 0 Å². The number of rotatable bonds is 5. The number of benzene rings is 1. The molecule has 0 bridgehead atoms. The summed E-state index contributed by atoms with van der Waals surface area (Å²) in [6.45, 7) is 3.36. The van der Waals surface area contributed by atoms with Gasteiger partial charge in [-0.15, -0.1) is 0 Å². The minimum Gasteiger partial charge on any atom is -0.394 e. The van der Waals surface area contributed by atoms with Crippen LogP contribution in [0.15, 0.2) is 30.8 Å². The first-order valence-electron chi connectivity index (χ1n) is 6.70. The van der Waals surface area contributed by atoms with Crippen LogP contribution in [0.1, 0.15) is 11.1 Å². The number of ether oxygens (including phenoxy) is 2. The Kier molecular flexibility index (Phi) is 5.46. The second kappa shape index (κ2) is 7.13. The van der Waals surface area contributed by atoms with E-state index in [4.69, 9.17) is 14.6 Å². The lowest BCUT2D eigenvalue weighted by atomic mass is 9.99. The van der Waals surface area contributed by atoms with Crippen molar-refractivity contribution in [3.05, 3.63) is 42.0 Å². The predicted octanol–water partition coefficient (Wildman–Crippen LogP) is -0.354. The SMILES string of the molecule is C=Cc1ccc(CO[C@@H]2O[C@H](CO)[C@@H](O)[C@H](O)[C@H]2O)cc1. The van der Waals surface area contributed by atoms with E-state index in [0.29, 0.717) is 0 Å². The van der Waals surface area contributed by atoms with Crippen molar-refractivity contribution >= 4 is 6.08 Å². The summed E-state index contributed by atoms with van der Waals surface area (Å²) in [7, 11) is 0. The summed E-state index contributed by atoms with van der Waals surface area (Å²) in [6, 6.07) is 7.44. The van der Waals surface area contributed by atoms with Crippen molar-refractivity contribution in [2.24, 2.45) is 0 Å². The van der Waals surface area contributed by atoms with Gasteiger partial charge < -0.3 is 29.9 Å². The first kappa shape index (κ1) is 16.1. The summed E-state index contributed by atoms with van der Waals surface area (Å²) in [4.78, 5) is 0. The number of aliphatic hydroxyl groups is 4. The minimum absolute atomic E-state index is 0.167. The molecule has 21 heavy (non-hydrogen) atoms. The van der Waals surface area contributed by atoms with E-state index in [9.17, 15) is 15.3 Å². The lowest BCUT2D eigenvalue weighted by Crippen LogP contribution is -2.59. The smallest absolute Gasteiger partial charge is 0.187 e. The van der Waals surface area contributed by atoms with E-state index in [1.54, 1.807) is 6.08 Å². The molecule has 1 aromatic rings.